The Labute approximate surface area is 187 Å². The average Bonchev–Trinajstić information content (AvgIpc) is 3.44. The number of nitrogens with zero attached hydrogens (tertiary/aromatic N) is 3. The van der Waals surface area contributed by atoms with Crippen LogP contribution in [0.3, 0.4) is 0 Å². The summed E-state index contributed by atoms with van der Waals surface area (Å²) in [4.78, 5) is 23.0. The van der Waals surface area contributed by atoms with Crippen LogP contribution in [0.2, 0.25) is 5.02 Å². The molecule has 0 atom stereocenters. The molecule has 158 valence electrons. The van der Waals surface area contributed by atoms with Crippen LogP contribution in [0.4, 0.5) is 0 Å². The highest BCUT2D eigenvalue weighted by atomic mass is 35.5. The van der Waals surface area contributed by atoms with Crippen LogP contribution in [0.1, 0.15) is 15.9 Å². The van der Waals surface area contributed by atoms with Gasteiger partial charge in [0.05, 0.1) is 27.9 Å². The first kappa shape index (κ1) is 19.8. The first-order valence-corrected chi connectivity index (χ1v) is 10.2. The third-order valence-corrected chi connectivity index (χ3v) is 5.50. The van der Waals surface area contributed by atoms with Gasteiger partial charge in [-0.2, -0.15) is 4.98 Å². The number of carboxylic acid groups (broad SMARTS) is 1. The minimum absolute atomic E-state index is 0.183. The van der Waals surface area contributed by atoms with Gasteiger partial charge < -0.3 is 19.4 Å². The van der Waals surface area contributed by atoms with Gasteiger partial charge >= 0.3 is 5.97 Å². The Morgan fingerprint density at radius 2 is 1.94 bits per heavy atom. The minimum atomic E-state index is -1.01. The second-order valence-corrected chi connectivity index (χ2v) is 7.70. The van der Waals surface area contributed by atoms with Crippen molar-refractivity contribution < 1.29 is 14.6 Å². The molecule has 5 rings (SSSR count). The summed E-state index contributed by atoms with van der Waals surface area (Å²) >= 11 is 6.55. The first-order valence-electron chi connectivity index (χ1n) is 9.78. The largest absolute Gasteiger partial charge is 0.478 e. The normalized spacial score (nSPS) is 11.1. The molecule has 0 saturated heterocycles. The summed E-state index contributed by atoms with van der Waals surface area (Å²) in [6.45, 7) is 1.74. The van der Waals surface area contributed by atoms with Crippen LogP contribution in [0, 0.1) is 6.92 Å². The molecule has 0 aliphatic carbocycles. The van der Waals surface area contributed by atoms with Crippen molar-refractivity contribution in [1.82, 2.24) is 19.5 Å². The maximum absolute atomic E-state index is 11.4. The molecule has 0 saturated carbocycles. The predicted molar refractivity (Wildman–Crippen MR) is 122 cm³/mol. The maximum atomic E-state index is 11.4. The Kier molecular flexibility index (Phi) is 4.88. The van der Waals surface area contributed by atoms with Crippen molar-refractivity contribution in [1.29, 1.82) is 0 Å². The molecule has 0 radical (unpaired) electrons. The lowest BCUT2D eigenvalue weighted by molar-refractivity contribution is 0.0695. The van der Waals surface area contributed by atoms with E-state index >= 15 is 0 Å². The Balaban J connectivity index is 1.46. The van der Waals surface area contributed by atoms with Gasteiger partial charge in [0.2, 0.25) is 0 Å². The van der Waals surface area contributed by atoms with E-state index in [0.717, 1.165) is 16.8 Å². The highest BCUT2D eigenvalue weighted by molar-refractivity contribution is 6.34. The zero-order valence-electron chi connectivity index (χ0n) is 16.9. The summed E-state index contributed by atoms with van der Waals surface area (Å²) in [5.74, 6) is -0.624. The Hall–Kier alpha value is -4.10. The van der Waals surface area contributed by atoms with Gasteiger partial charge in [-0.05, 0) is 54.4 Å². The van der Waals surface area contributed by atoms with E-state index in [4.69, 9.17) is 16.3 Å². The lowest BCUT2D eigenvalue weighted by atomic mass is 10.0. The van der Waals surface area contributed by atoms with E-state index in [0.29, 0.717) is 27.4 Å². The number of hydrogen-bond donors (Lipinski definition) is 2. The molecule has 2 N–H and O–H groups in total. The van der Waals surface area contributed by atoms with Crippen LogP contribution in [0.25, 0.3) is 27.8 Å². The van der Waals surface area contributed by atoms with Crippen LogP contribution < -0.4 is 4.74 Å². The molecule has 0 spiro atoms. The van der Waals surface area contributed by atoms with Crippen molar-refractivity contribution in [3.63, 3.8) is 0 Å². The van der Waals surface area contributed by atoms with Crippen LogP contribution in [-0.2, 0) is 0 Å². The molecule has 32 heavy (non-hydrogen) atoms. The number of aromatic amines is 1. The van der Waals surface area contributed by atoms with E-state index < -0.39 is 5.97 Å². The average molecular weight is 445 g/mol. The van der Waals surface area contributed by atoms with Crippen LogP contribution in [0.5, 0.6) is 11.8 Å². The molecule has 2 heterocycles. The number of halogens is 1. The van der Waals surface area contributed by atoms with Gasteiger partial charge in [-0.1, -0.05) is 29.8 Å². The van der Waals surface area contributed by atoms with Crippen molar-refractivity contribution in [3.8, 4) is 28.6 Å². The van der Waals surface area contributed by atoms with Crippen molar-refractivity contribution in [2.75, 3.05) is 0 Å². The Morgan fingerprint density at radius 3 is 2.66 bits per heavy atom. The highest BCUT2D eigenvalue weighted by Crippen LogP contribution is 2.33. The number of ether oxygens (including phenoxy) is 1. The quantitative estimate of drug-likeness (QED) is 0.353. The van der Waals surface area contributed by atoms with Crippen molar-refractivity contribution in [2.24, 2.45) is 0 Å². The van der Waals surface area contributed by atoms with Crippen LogP contribution >= 0.6 is 11.6 Å². The van der Waals surface area contributed by atoms with E-state index in [1.54, 1.807) is 37.6 Å². The fourth-order valence-corrected chi connectivity index (χ4v) is 3.78. The number of aromatic nitrogens is 4. The molecule has 8 heteroatoms. The molecule has 0 aliphatic heterocycles. The monoisotopic (exact) mass is 444 g/mol. The molecular weight excluding hydrogens is 428 g/mol. The highest BCUT2D eigenvalue weighted by Gasteiger charge is 2.13. The smallest absolute Gasteiger partial charge is 0.336 e. The van der Waals surface area contributed by atoms with Crippen LogP contribution in [0.15, 0.2) is 73.3 Å². The van der Waals surface area contributed by atoms with E-state index in [2.05, 4.69) is 15.0 Å². The Morgan fingerprint density at radius 1 is 1.12 bits per heavy atom. The third kappa shape index (κ3) is 3.70. The number of rotatable bonds is 5. The Bertz CT molecular complexity index is 1440. The van der Waals surface area contributed by atoms with Crippen molar-refractivity contribution in [2.45, 2.75) is 6.92 Å². The molecule has 0 aliphatic rings. The third-order valence-electron chi connectivity index (χ3n) is 5.18. The number of hydrogen-bond acceptors (Lipinski definition) is 4. The number of carboxylic acids is 1. The van der Waals surface area contributed by atoms with Gasteiger partial charge in [0.15, 0.2) is 0 Å². The summed E-state index contributed by atoms with van der Waals surface area (Å²) in [5, 5.41) is 9.89. The molecule has 0 amide bonds. The zero-order valence-corrected chi connectivity index (χ0v) is 17.7. The van der Waals surface area contributed by atoms with Gasteiger partial charge in [-0.3, -0.25) is 0 Å². The number of carbonyl (C=O) groups is 1. The molecule has 0 unspecified atom stereocenters. The van der Waals surface area contributed by atoms with Crippen molar-refractivity contribution in [3.05, 3.63) is 89.5 Å². The van der Waals surface area contributed by atoms with Gasteiger partial charge in [-0.25, -0.2) is 9.78 Å². The molecule has 3 aromatic carbocycles. The number of aryl methyl sites for hydroxylation is 1. The summed E-state index contributed by atoms with van der Waals surface area (Å²) in [5.41, 5.74) is 5.04. The number of nitrogens with one attached hydrogen (secondary N) is 1. The zero-order chi connectivity index (χ0) is 22.2. The van der Waals surface area contributed by atoms with Gasteiger partial charge in [0, 0.05) is 23.6 Å². The molecule has 0 fully saturated rings. The summed E-state index contributed by atoms with van der Waals surface area (Å²) in [6.07, 6.45) is 5.36. The van der Waals surface area contributed by atoms with Gasteiger partial charge in [0.1, 0.15) is 5.75 Å². The minimum Gasteiger partial charge on any atom is -0.478 e. The summed E-state index contributed by atoms with van der Waals surface area (Å²) in [6, 6.07) is 16.8. The molecule has 7 nitrogen and oxygen atoms in total. The summed E-state index contributed by atoms with van der Waals surface area (Å²) in [7, 11) is 0. The fraction of sp³-hybridized carbons (Fsp3) is 0.0417. The van der Waals surface area contributed by atoms with Gasteiger partial charge in [0.25, 0.3) is 6.01 Å². The summed E-state index contributed by atoms with van der Waals surface area (Å²) < 4.78 is 7.69. The molecule has 2 aromatic heterocycles. The van der Waals surface area contributed by atoms with E-state index in [1.807, 2.05) is 41.1 Å². The standard InChI is InChI=1S/C24H17ClN4O3/c1-14-2-7-17(10-18(14)23(30)31)32-24-27-21-11-19(20(25)12-22(21)28-24)15-3-5-16(6-4-15)29-9-8-26-13-29/h2-13H,1H3,(H,27,28)(H,30,31). The van der Waals surface area contributed by atoms with Crippen molar-refractivity contribution >= 4 is 28.6 Å². The number of fused-ring (bicyclic) bond motifs is 1. The van der Waals surface area contributed by atoms with Gasteiger partial charge in [-0.15, -0.1) is 0 Å². The fourth-order valence-electron chi connectivity index (χ4n) is 3.51. The SMILES string of the molecule is Cc1ccc(Oc2nc3cc(-c4ccc(-n5ccnc5)cc4)c(Cl)cc3[nH]2)cc1C(=O)O. The second kappa shape index (κ2) is 7.86. The molecular formula is C24H17ClN4O3. The predicted octanol–water partition coefficient (Wildman–Crippen LogP) is 5.87. The number of imidazole rings is 2. The lowest BCUT2D eigenvalue weighted by Gasteiger charge is -2.07. The van der Waals surface area contributed by atoms with E-state index in [1.165, 1.54) is 6.07 Å². The molecule has 5 aromatic rings. The maximum Gasteiger partial charge on any atom is 0.336 e. The lowest BCUT2D eigenvalue weighted by Crippen LogP contribution is -2.00. The second-order valence-electron chi connectivity index (χ2n) is 7.29. The van der Waals surface area contributed by atoms with E-state index in [9.17, 15) is 9.90 Å². The first-order chi connectivity index (χ1) is 15.5. The topological polar surface area (TPSA) is 93.0 Å². The number of aromatic carboxylic acids is 1. The molecule has 0 bridgehead atoms. The van der Waals surface area contributed by atoms with E-state index in [-0.39, 0.29) is 11.6 Å². The number of H-pyrrole nitrogens is 1. The number of benzene rings is 3. The van der Waals surface area contributed by atoms with Crippen LogP contribution in [-0.4, -0.2) is 30.6 Å².